The van der Waals surface area contributed by atoms with Gasteiger partial charge in [-0.25, -0.2) is 4.39 Å². The first-order valence-electron chi connectivity index (χ1n) is 6.32. The molecule has 1 aliphatic rings. The SMILES string of the molecule is N/C(=N/O)C1CCCCN1C(=O)c1c(O)cccc1F. The van der Waals surface area contributed by atoms with E-state index in [1.807, 2.05) is 0 Å². The second kappa shape index (κ2) is 5.77. The van der Waals surface area contributed by atoms with Crippen molar-refractivity contribution in [3.05, 3.63) is 29.6 Å². The van der Waals surface area contributed by atoms with E-state index in [1.54, 1.807) is 0 Å². The van der Waals surface area contributed by atoms with Gasteiger partial charge in [-0.3, -0.25) is 4.79 Å². The third kappa shape index (κ3) is 2.52. The van der Waals surface area contributed by atoms with E-state index in [-0.39, 0.29) is 11.4 Å². The zero-order valence-electron chi connectivity index (χ0n) is 10.8. The number of carbonyl (C=O) groups excluding carboxylic acids is 1. The predicted octanol–water partition coefficient (Wildman–Crippen LogP) is 1.27. The van der Waals surface area contributed by atoms with E-state index in [4.69, 9.17) is 10.9 Å². The van der Waals surface area contributed by atoms with Gasteiger partial charge in [-0.15, -0.1) is 0 Å². The van der Waals surface area contributed by atoms with Crippen LogP contribution >= 0.6 is 0 Å². The number of carbonyl (C=O) groups is 1. The highest BCUT2D eigenvalue weighted by molar-refractivity contribution is 6.00. The smallest absolute Gasteiger partial charge is 0.261 e. The van der Waals surface area contributed by atoms with Crippen LogP contribution in [0.2, 0.25) is 0 Å². The molecule has 108 valence electrons. The molecule has 2 rings (SSSR count). The minimum Gasteiger partial charge on any atom is -0.507 e. The van der Waals surface area contributed by atoms with E-state index in [9.17, 15) is 14.3 Å². The molecule has 1 saturated heterocycles. The first-order valence-corrected chi connectivity index (χ1v) is 6.32. The monoisotopic (exact) mass is 281 g/mol. The molecule has 1 heterocycles. The molecule has 1 unspecified atom stereocenters. The molecule has 0 aromatic heterocycles. The molecular weight excluding hydrogens is 265 g/mol. The summed E-state index contributed by atoms with van der Waals surface area (Å²) in [7, 11) is 0. The summed E-state index contributed by atoms with van der Waals surface area (Å²) in [5.74, 6) is -1.96. The molecule has 1 amide bonds. The largest absolute Gasteiger partial charge is 0.507 e. The zero-order chi connectivity index (χ0) is 14.7. The summed E-state index contributed by atoms with van der Waals surface area (Å²) >= 11 is 0. The van der Waals surface area contributed by atoms with Crippen LogP contribution in [0.3, 0.4) is 0 Å². The van der Waals surface area contributed by atoms with Crippen molar-refractivity contribution in [1.82, 2.24) is 4.90 Å². The van der Waals surface area contributed by atoms with Crippen LogP contribution in [0.15, 0.2) is 23.4 Å². The van der Waals surface area contributed by atoms with Crippen molar-refractivity contribution in [2.45, 2.75) is 25.3 Å². The van der Waals surface area contributed by atoms with Crippen LogP contribution < -0.4 is 5.73 Å². The average molecular weight is 281 g/mol. The van der Waals surface area contributed by atoms with E-state index in [0.29, 0.717) is 13.0 Å². The Morgan fingerprint density at radius 1 is 1.45 bits per heavy atom. The molecule has 0 aliphatic carbocycles. The van der Waals surface area contributed by atoms with Crippen LogP contribution in [-0.4, -0.2) is 39.5 Å². The molecule has 1 fully saturated rings. The van der Waals surface area contributed by atoms with Crippen LogP contribution in [0.1, 0.15) is 29.6 Å². The number of amides is 1. The Bertz CT molecular complexity index is 527. The molecule has 0 saturated carbocycles. The first kappa shape index (κ1) is 14.1. The van der Waals surface area contributed by atoms with Crippen molar-refractivity contribution in [2.24, 2.45) is 10.9 Å². The number of nitrogens with zero attached hydrogens (tertiary/aromatic N) is 2. The van der Waals surface area contributed by atoms with Gasteiger partial charge < -0.3 is 20.9 Å². The van der Waals surface area contributed by atoms with Crippen LogP contribution in [0, 0.1) is 5.82 Å². The van der Waals surface area contributed by atoms with Gasteiger partial charge in [-0.2, -0.15) is 0 Å². The third-order valence-corrected chi connectivity index (χ3v) is 3.43. The van der Waals surface area contributed by atoms with Crippen LogP contribution in [0.25, 0.3) is 0 Å². The lowest BCUT2D eigenvalue weighted by Gasteiger charge is -2.35. The van der Waals surface area contributed by atoms with Gasteiger partial charge in [0, 0.05) is 6.54 Å². The molecule has 0 spiro atoms. The Morgan fingerprint density at radius 2 is 2.20 bits per heavy atom. The number of hydrogen-bond donors (Lipinski definition) is 3. The second-order valence-electron chi connectivity index (χ2n) is 4.67. The molecule has 1 aromatic carbocycles. The van der Waals surface area contributed by atoms with Crippen LogP contribution in [-0.2, 0) is 0 Å². The fourth-order valence-corrected chi connectivity index (χ4v) is 2.42. The number of likely N-dealkylation sites (tertiary alicyclic amines) is 1. The summed E-state index contributed by atoms with van der Waals surface area (Å²) in [6, 6.07) is 3.09. The normalized spacial score (nSPS) is 19.9. The summed E-state index contributed by atoms with van der Waals surface area (Å²) in [4.78, 5) is 13.7. The Hall–Kier alpha value is -2.31. The Kier molecular flexibility index (Phi) is 4.07. The van der Waals surface area contributed by atoms with Gasteiger partial charge in [0.1, 0.15) is 17.1 Å². The summed E-state index contributed by atoms with van der Waals surface area (Å²) in [6.07, 6.45) is 2.11. The van der Waals surface area contributed by atoms with Crippen molar-refractivity contribution >= 4 is 11.7 Å². The van der Waals surface area contributed by atoms with E-state index >= 15 is 0 Å². The molecule has 0 radical (unpaired) electrons. The number of benzene rings is 1. The maximum atomic E-state index is 13.7. The highest BCUT2D eigenvalue weighted by Crippen LogP contribution is 2.26. The fourth-order valence-electron chi connectivity index (χ4n) is 2.42. The molecule has 6 nitrogen and oxygen atoms in total. The zero-order valence-corrected chi connectivity index (χ0v) is 10.8. The van der Waals surface area contributed by atoms with Gasteiger partial charge in [-0.05, 0) is 31.4 Å². The summed E-state index contributed by atoms with van der Waals surface area (Å²) in [5.41, 5.74) is 5.20. The van der Waals surface area contributed by atoms with E-state index in [0.717, 1.165) is 18.9 Å². The predicted molar refractivity (Wildman–Crippen MR) is 70.1 cm³/mol. The van der Waals surface area contributed by atoms with Gasteiger partial charge in [0.2, 0.25) is 0 Å². The first-order chi connectivity index (χ1) is 9.56. The molecule has 20 heavy (non-hydrogen) atoms. The third-order valence-electron chi connectivity index (χ3n) is 3.43. The van der Waals surface area contributed by atoms with Gasteiger partial charge >= 0.3 is 0 Å². The number of nitrogens with two attached hydrogens (primary N) is 1. The maximum Gasteiger partial charge on any atom is 0.261 e. The fraction of sp³-hybridized carbons (Fsp3) is 0.385. The number of aromatic hydroxyl groups is 1. The molecule has 4 N–H and O–H groups in total. The number of amidine groups is 1. The van der Waals surface area contributed by atoms with Crippen molar-refractivity contribution in [2.75, 3.05) is 6.54 Å². The summed E-state index contributed by atoms with van der Waals surface area (Å²) < 4.78 is 13.7. The molecule has 0 bridgehead atoms. The number of halogens is 1. The summed E-state index contributed by atoms with van der Waals surface area (Å²) in [5, 5.41) is 21.4. The lowest BCUT2D eigenvalue weighted by Crippen LogP contribution is -2.50. The number of hydrogen-bond acceptors (Lipinski definition) is 4. The number of phenolic OH excluding ortho intramolecular Hbond substituents is 1. The number of oxime groups is 1. The molecular formula is C13H16FN3O3. The van der Waals surface area contributed by atoms with Crippen LogP contribution in [0.4, 0.5) is 4.39 Å². The molecule has 1 aromatic rings. The molecule has 7 heteroatoms. The van der Waals surface area contributed by atoms with E-state index in [2.05, 4.69) is 5.16 Å². The maximum absolute atomic E-state index is 13.7. The topological polar surface area (TPSA) is 99.2 Å². The Balaban J connectivity index is 2.35. The minimum absolute atomic E-state index is 0.0890. The van der Waals surface area contributed by atoms with Gasteiger partial charge in [0.15, 0.2) is 5.84 Å². The number of piperidine rings is 1. The standard InChI is InChI=1S/C13H16FN3O3/c14-8-4-3-6-10(18)11(8)13(19)17-7-2-1-5-9(17)12(15)16-20/h3-4,6,9,18,20H,1-2,5,7H2,(H2,15,16). The molecule has 1 atom stereocenters. The van der Waals surface area contributed by atoms with Gasteiger partial charge in [0.05, 0.1) is 6.04 Å². The number of phenols is 1. The van der Waals surface area contributed by atoms with Crippen molar-refractivity contribution < 1.29 is 19.5 Å². The van der Waals surface area contributed by atoms with Crippen molar-refractivity contribution in [1.29, 1.82) is 0 Å². The van der Waals surface area contributed by atoms with Crippen molar-refractivity contribution in [3.63, 3.8) is 0 Å². The summed E-state index contributed by atoms with van der Waals surface area (Å²) in [6.45, 7) is 0.369. The van der Waals surface area contributed by atoms with E-state index in [1.165, 1.54) is 17.0 Å². The van der Waals surface area contributed by atoms with Gasteiger partial charge in [-0.1, -0.05) is 11.2 Å². The number of rotatable bonds is 2. The highest BCUT2D eigenvalue weighted by Gasteiger charge is 2.32. The Morgan fingerprint density at radius 3 is 2.85 bits per heavy atom. The minimum atomic E-state index is -0.793. The lowest BCUT2D eigenvalue weighted by atomic mass is 9.99. The average Bonchev–Trinajstić information content (AvgIpc) is 2.46. The van der Waals surface area contributed by atoms with E-state index < -0.39 is 23.5 Å². The van der Waals surface area contributed by atoms with Crippen LogP contribution in [0.5, 0.6) is 5.75 Å². The van der Waals surface area contributed by atoms with Crippen molar-refractivity contribution in [3.8, 4) is 5.75 Å². The van der Waals surface area contributed by atoms with Gasteiger partial charge in [0.25, 0.3) is 5.91 Å². The second-order valence-corrected chi connectivity index (χ2v) is 4.67. The quantitative estimate of drug-likeness (QED) is 0.329. The Labute approximate surface area is 115 Å². The lowest BCUT2D eigenvalue weighted by molar-refractivity contribution is 0.0668. The highest BCUT2D eigenvalue weighted by atomic mass is 19.1. The molecule has 1 aliphatic heterocycles.